The Hall–Kier alpha value is -1.09. The zero-order valence-electron chi connectivity index (χ0n) is 5.95. The summed E-state index contributed by atoms with van der Waals surface area (Å²) in [6.45, 7) is 1.97. The van der Waals surface area contributed by atoms with Crippen LogP contribution in [0.1, 0.15) is 5.56 Å². The monoisotopic (exact) mass is 167 g/mol. The van der Waals surface area contributed by atoms with Crippen molar-refractivity contribution < 1.29 is 0 Å². The third-order valence-electron chi connectivity index (χ3n) is 1.60. The van der Waals surface area contributed by atoms with Crippen LogP contribution >= 0.6 is 11.6 Å². The summed E-state index contributed by atoms with van der Waals surface area (Å²) >= 11 is 5.85. The highest BCUT2D eigenvalue weighted by atomic mass is 35.5. The Morgan fingerprint density at radius 3 is 3.00 bits per heavy atom. The Labute approximate surface area is 68.6 Å². The molecule has 3 nitrogen and oxygen atoms in total. The summed E-state index contributed by atoms with van der Waals surface area (Å²) in [5.41, 5.74) is 1.89. The van der Waals surface area contributed by atoms with Gasteiger partial charge in [-0.3, -0.25) is 4.40 Å². The second-order valence-electron chi connectivity index (χ2n) is 2.36. The molecule has 0 unspecified atom stereocenters. The Bertz CT molecular complexity index is 357. The van der Waals surface area contributed by atoms with Gasteiger partial charge >= 0.3 is 0 Å². The molecule has 0 amide bonds. The topological polar surface area (TPSA) is 30.2 Å². The molecule has 2 aromatic heterocycles. The lowest BCUT2D eigenvalue weighted by molar-refractivity contribution is 1.10. The smallest absolute Gasteiger partial charge is 0.164 e. The van der Waals surface area contributed by atoms with Crippen molar-refractivity contribution >= 4 is 17.2 Å². The first kappa shape index (κ1) is 6.61. The summed E-state index contributed by atoms with van der Waals surface area (Å²) in [5, 5.41) is 8.29. The maximum absolute atomic E-state index is 5.85. The van der Waals surface area contributed by atoms with E-state index in [9.17, 15) is 0 Å². The van der Waals surface area contributed by atoms with E-state index < -0.39 is 0 Å². The van der Waals surface area contributed by atoms with Gasteiger partial charge in [0.15, 0.2) is 5.65 Å². The summed E-state index contributed by atoms with van der Waals surface area (Å²) in [5.74, 6) is 0. The van der Waals surface area contributed by atoms with E-state index in [2.05, 4.69) is 10.2 Å². The maximum atomic E-state index is 5.85. The molecule has 0 fully saturated rings. The number of rotatable bonds is 0. The van der Waals surface area contributed by atoms with E-state index in [4.69, 9.17) is 11.6 Å². The van der Waals surface area contributed by atoms with E-state index >= 15 is 0 Å². The van der Waals surface area contributed by atoms with E-state index in [0.29, 0.717) is 5.15 Å². The van der Waals surface area contributed by atoms with Gasteiger partial charge in [-0.05, 0) is 18.6 Å². The van der Waals surface area contributed by atoms with Crippen molar-refractivity contribution in [3.8, 4) is 0 Å². The van der Waals surface area contributed by atoms with E-state index in [0.717, 1.165) is 11.2 Å². The zero-order chi connectivity index (χ0) is 7.84. The minimum absolute atomic E-state index is 0.635. The SMILES string of the molecule is Cc1ccc(Cl)n2cnnc12. The molecule has 2 heterocycles. The second-order valence-corrected chi connectivity index (χ2v) is 2.75. The Balaban J connectivity index is 2.96. The second kappa shape index (κ2) is 2.20. The maximum Gasteiger partial charge on any atom is 0.164 e. The van der Waals surface area contributed by atoms with Gasteiger partial charge in [-0.15, -0.1) is 10.2 Å². The molecular formula is C7H6ClN3. The van der Waals surface area contributed by atoms with Crippen molar-refractivity contribution in [2.75, 3.05) is 0 Å². The molecule has 2 aromatic rings. The van der Waals surface area contributed by atoms with Crippen LogP contribution in [-0.2, 0) is 0 Å². The Kier molecular flexibility index (Phi) is 1.32. The van der Waals surface area contributed by atoms with Gasteiger partial charge in [-0.2, -0.15) is 0 Å². The summed E-state index contributed by atoms with van der Waals surface area (Å²) < 4.78 is 1.75. The molecule has 0 atom stereocenters. The molecule has 0 saturated carbocycles. The minimum atomic E-state index is 0.635. The number of aryl methyl sites for hydroxylation is 1. The van der Waals surface area contributed by atoms with Gasteiger partial charge < -0.3 is 0 Å². The Morgan fingerprint density at radius 2 is 2.27 bits per heavy atom. The molecule has 0 aliphatic heterocycles. The van der Waals surface area contributed by atoms with Gasteiger partial charge in [0.25, 0.3) is 0 Å². The Morgan fingerprint density at radius 1 is 1.45 bits per heavy atom. The number of hydrogen-bond donors (Lipinski definition) is 0. The quantitative estimate of drug-likeness (QED) is 0.559. The van der Waals surface area contributed by atoms with Gasteiger partial charge in [0.1, 0.15) is 11.5 Å². The molecule has 0 saturated heterocycles. The van der Waals surface area contributed by atoms with Crippen molar-refractivity contribution in [3.05, 3.63) is 29.2 Å². The zero-order valence-corrected chi connectivity index (χ0v) is 6.71. The molecule has 0 N–H and O–H groups in total. The fourth-order valence-corrected chi connectivity index (χ4v) is 1.20. The summed E-state index contributed by atoms with van der Waals surface area (Å²) in [6, 6.07) is 3.75. The van der Waals surface area contributed by atoms with Crippen LogP contribution in [0.2, 0.25) is 5.15 Å². The predicted molar refractivity (Wildman–Crippen MR) is 42.7 cm³/mol. The molecule has 0 spiro atoms. The molecule has 0 aromatic carbocycles. The van der Waals surface area contributed by atoms with Gasteiger partial charge in [-0.25, -0.2) is 0 Å². The lowest BCUT2D eigenvalue weighted by Gasteiger charge is -1.97. The average molecular weight is 168 g/mol. The van der Waals surface area contributed by atoms with Crippen LogP contribution in [0.5, 0.6) is 0 Å². The summed E-state index contributed by atoms with van der Waals surface area (Å²) in [6.07, 6.45) is 1.60. The van der Waals surface area contributed by atoms with Gasteiger partial charge in [0, 0.05) is 0 Å². The average Bonchev–Trinajstić information content (AvgIpc) is 2.45. The predicted octanol–water partition coefficient (Wildman–Crippen LogP) is 1.69. The third-order valence-corrected chi connectivity index (χ3v) is 1.91. The van der Waals surface area contributed by atoms with Crippen LogP contribution in [0, 0.1) is 6.92 Å². The molecule has 0 bridgehead atoms. The van der Waals surface area contributed by atoms with Crippen LogP contribution in [-0.4, -0.2) is 14.6 Å². The first-order valence-corrected chi connectivity index (χ1v) is 3.61. The van der Waals surface area contributed by atoms with Gasteiger partial charge in [0.05, 0.1) is 0 Å². The highest BCUT2D eigenvalue weighted by Crippen LogP contribution is 2.13. The molecule has 4 heteroatoms. The highest BCUT2D eigenvalue weighted by Gasteiger charge is 2.00. The highest BCUT2D eigenvalue weighted by molar-refractivity contribution is 6.29. The summed E-state index contributed by atoms with van der Waals surface area (Å²) in [7, 11) is 0. The van der Waals surface area contributed by atoms with Crippen molar-refractivity contribution in [1.82, 2.24) is 14.6 Å². The fraction of sp³-hybridized carbons (Fsp3) is 0.143. The van der Waals surface area contributed by atoms with Gasteiger partial charge in [-0.1, -0.05) is 17.7 Å². The van der Waals surface area contributed by atoms with Crippen LogP contribution in [0.4, 0.5) is 0 Å². The van der Waals surface area contributed by atoms with Crippen LogP contribution in [0.15, 0.2) is 18.5 Å². The third kappa shape index (κ3) is 0.886. The van der Waals surface area contributed by atoms with Crippen LogP contribution in [0.3, 0.4) is 0 Å². The lowest BCUT2D eigenvalue weighted by atomic mass is 10.3. The molecule has 2 rings (SSSR count). The lowest BCUT2D eigenvalue weighted by Crippen LogP contribution is -1.87. The van der Waals surface area contributed by atoms with E-state index in [1.54, 1.807) is 10.7 Å². The number of nitrogens with zero attached hydrogens (tertiary/aromatic N) is 3. The standard InChI is InChI=1S/C7H6ClN3/c1-5-2-3-6(8)11-4-9-10-7(5)11/h2-4H,1H3. The molecule has 56 valence electrons. The minimum Gasteiger partial charge on any atom is -0.271 e. The van der Waals surface area contributed by atoms with Crippen molar-refractivity contribution in [3.63, 3.8) is 0 Å². The van der Waals surface area contributed by atoms with Crippen molar-refractivity contribution in [2.45, 2.75) is 6.92 Å². The number of fused-ring (bicyclic) bond motifs is 1. The number of hydrogen-bond acceptors (Lipinski definition) is 2. The van der Waals surface area contributed by atoms with Gasteiger partial charge in [0.2, 0.25) is 0 Å². The largest absolute Gasteiger partial charge is 0.271 e. The van der Waals surface area contributed by atoms with Crippen molar-refractivity contribution in [2.24, 2.45) is 0 Å². The van der Waals surface area contributed by atoms with E-state index in [1.807, 2.05) is 19.1 Å². The number of halogens is 1. The molecule has 0 aliphatic carbocycles. The van der Waals surface area contributed by atoms with Crippen LogP contribution < -0.4 is 0 Å². The molecule has 0 radical (unpaired) electrons. The first-order chi connectivity index (χ1) is 5.29. The molecule has 0 aliphatic rings. The fourth-order valence-electron chi connectivity index (χ4n) is 1.01. The first-order valence-electron chi connectivity index (χ1n) is 3.24. The number of pyridine rings is 1. The summed E-state index contributed by atoms with van der Waals surface area (Å²) in [4.78, 5) is 0. The van der Waals surface area contributed by atoms with Crippen molar-refractivity contribution in [1.29, 1.82) is 0 Å². The normalized spacial score (nSPS) is 10.7. The van der Waals surface area contributed by atoms with E-state index in [1.165, 1.54) is 0 Å². The van der Waals surface area contributed by atoms with Crippen LogP contribution in [0.25, 0.3) is 5.65 Å². The molecule has 11 heavy (non-hydrogen) atoms. The number of aromatic nitrogens is 3. The van der Waals surface area contributed by atoms with E-state index in [-0.39, 0.29) is 0 Å². The molecular weight excluding hydrogens is 162 g/mol.